The van der Waals surface area contributed by atoms with E-state index in [-0.39, 0.29) is 0 Å². The lowest BCUT2D eigenvalue weighted by molar-refractivity contribution is 0.388. The van der Waals surface area contributed by atoms with Gasteiger partial charge in [0.1, 0.15) is 11.5 Å². The molecule has 2 rings (SSSR count). The summed E-state index contributed by atoms with van der Waals surface area (Å²) in [6.07, 6.45) is 2.05. The maximum absolute atomic E-state index is 5.03. The van der Waals surface area contributed by atoms with Crippen LogP contribution in [-0.4, -0.2) is 16.8 Å². The Kier molecular flexibility index (Phi) is 2.87. The summed E-state index contributed by atoms with van der Waals surface area (Å²) in [5.41, 5.74) is 2.21. The van der Waals surface area contributed by atoms with Crippen molar-refractivity contribution in [3.8, 4) is 0 Å². The van der Waals surface area contributed by atoms with E-state index >= 15 is 0 Å². The van der Waals surface area contributed by atoms with E-state index in [4.69, 9.17) is 4.52 Å². The van der Waals surface area contributed by atoms with Gasteiger partial charge < -0.3 is 14.4 Å². The van der Waals surface area contributed by atoms with Crippen LogP contribution in [0.4, 0.5) is 0 Å². The van der Waals surface area contributed by atoms with E-state index in [0.717, 1.165) is 24.5 Å². The zero-order valence-corrected chi connectivity index (χ0v) is 9.03. The summed E-state index contributed by atoms with van der Waals surface area (Å²) >= 11 is 0. The lowest BCUT2D eigenvalue weighted by Gasteiger charge is -2.06. The van der Waals surface area contributed by atoms with Gasteiger partial charge in [-0.05, 0) is 26.1 Å². The molecule has 0 amide bonds. The van der Waals surface area contributed by atoms with Crippen molar-refractivity contribution in [2.75, 3.05) is 7.05 Å². The first kappa shape index (κ1) is 9.98. The molecule has 0 aliphatic rings. The van der Waals surface area contributed by atoms with Crippen LogP contribution in [0.2, 0.25) is 0 Å². The van der Waals surface area contributed by atoms with Gasteiger partial charge in [0.05, 0.1) is 6.54 Å². The van der Waals surface area contributed by atoms with Crippen molar-refractivity contribution < 1.29 is 4.52 Å². The molecule has 4 nitrogen and oxygen atoms in total. The SMILES string of the molecule is CNCc1cccn1Cc1cc(C)on1. The summed E-state index contributed by atoms with van der Waals surface area (Å²) < 4.78 is 7.19. The minimum Gasteiger partial charge on any atom is -0.361 e. The molecule has 2 heterocycles. The first-order valence-electron chi connectivity index (χ1n) is 5.00. The molecule has 0 bridgehead atoms. The number of nitrogens with zero attached hydrogens (tertiary/aromatic N) is 2. The van der Waals surface area contributed by atoms with Crippen molar-refractivity contribution in [1.29, 1.82) is 0 Å². The van der Waals surface area contributed by atoms with Crippen LogP contribution in [0.1, 0.15) is 17.1 Å². The Morgan fingerprint density at radius 1 is 1.53 bits per heavy atom. The van der Waals surface area contributed by atoms with Gasteiger partial charge in [0.2, 0.25) is 0 Å². The van der Waals surface area contributed by atoms with Gasteiger partial charge in [-0.2, -0.15) is 0 Å². The monoisotopic (exact) mass is 205 g/mol. The summed E-state index contributed by atoms with van der Waals surface area (Å²) in [5, 5.41) is 7.11. The molecule has 15 heavy (non-hydrogen) atoms. The fourth-order valence-electron chi connectivity index (χ4n) is 1.61. The number of hydrogen-bond donors (Lipinski definition) is 1. The van der Waals surface area contributed by atoms with Gasteiger partial charge in [-0.3, -0.25) is 0 Å². The Balaban J connectivity index is 2.13. The molecule has 0 radical (unpaired) electrons. The second kappa shape index (κ2) is 4.31. The Hall–Kier alpha value is -1.55. The smallest absolute Gasteiger partial charge is 0.133 e. The van der Waals surface area contributed by atoms with Gasteiger partial charge in [-0.15, -0.1) is 0 Å². The number of nitrogens with one attached hydrogen (secondary N) is 1. The van der Waals surface area contributed by atoms with Crippen molar-refractivity contribution >= 4 is 0 Å². The van der Waals surface area contributed by atoms with Gasteiger partial charge in [-0.25, -0.2) is 0 Å². The van der Waals surface area contributed by atoms with Crippen LogP contribution in [0.5, 0.6) is 0 Å². The Bertz CT molecular complexity index is 430. The first-order chi connectivity index (χ1) is 7.29. The molecule has 0 atom stereocenters. The topological polar surface area (TPSA) is 43.0 Å². The molecular weight excluding hydrogens is 190 g/mol. The van der Waals surface area contributed by atoms with Gasteiger partial charge in [0.25, 0.3) is 0 Å². The first-order valence-corrected chi connectivity index (χ1v) is 5.00. The fourth-order valence-corrected chi connectivity index (χ4v) is 1.61. The van der Waals surface area contributed by atoms with Crippen molar-refractivity contribution in [3.63, 3.8) is 0 Å². The molecule has 0 unspecified atom stereocenters. The van der Waals surface area contributed by atoms with E-state index in [0.29, 0.717) is 0 Å². The van der Waals surface area contributed by atoms with Crippen LogP contribution in [0.15, 0.2) is 28.9 Å². The van der Waals surface area contributed by atoms with E-state index in [1.165, 1.54) is 5.69 Å². The summed E-state index contributed by atoms with van der Waals surface area (Å²) in [6, 6.07) is 6.10. The normalized spacial score (nSPS) is 10.8. The zero-order valence-electron chi connectivity index (χ0n) is 9.03. The van der Waals surface area contributed by atoms with E-state index in [2.05, 4.69) is 27.3 Å². The molecule has 0 fully saturated rings. The molecule has 0 spiro atoms. The van der Waals surface area contributed by atoms with Crippen LogP contribution >= 0.6 is 0 Å². The highest BCUT2D eigenvalue weighted by atomic mass is 16.5. The lowest BCUT2D eigenvalue weighted by atomic mass is 10.3. The Morgan fingerprint density at radius 3 is 3.07 bits per heavy atom. The molecule has 0 aliphatic carbocycles. The fraction of sp³-hybridized carbons (Fsp3) is 0.364. The largest absolute Gasteiger partial charge is 0.361 e. The molecule has 80 valence electrons. The van der Waals surface area contributed by atoms with Crippen LogP contribution in [0.25, 0.3) is 0 Å². The summed E-state index contributed by atoms with van der Waals surface area (Å²) in [7, 11) is 1.94. The second-order valence-corrected chi connectivity index (χ2v) is 3.59. The molecule has 1 N–H and O–H groups in total. The van der Waals surface area contributed by atoms with Crippen molar-refractivity contribution in [2.24, 2.45) is 0 Å². The third kappa shape index (κ3) is 2.27. The zero-order chi connectivity index (χ0) is 10.7. The van der Waals surface area contributed by atoms with E-state index < -0.39 is 0 Å². The Labute approximate surface area is 88.9 Å². The van der Waals surface area contributed by atoms with Gasteiger partial charge in [-0.1, -0.05) is 5.16 Å². The van der Waals surface area contributed by atoms with E-state index in [1.807, 2.05) is 26.1 Å². The summed E-state index contributed by atoms with van der Waals surface area (Å²) in [4.78, 5) is 0. The highest BCUT2D eigenvalue weighted by Crippen LogP contribution is 2.08. The molecule has 0 saturated heterocycles. The predicted molar refractivity (Wildman–Crippen MR) is 57.5 cm³/mol. The van der Waals surface area contributed by atoms with Crippen molar-refractivity contribution in [3.05, 3.63) is 41.5 Å². The quantitative estimate of drug-likeness (QED) is 0.823. The lowest BCUT2D eigenvalue weighted by Crippen LogP contribution is -2.11. The van der Waals surface area contributed by atoms with Gasteiger partial charge >= 0.3 is 0 Å². The average molecular weight is 205 g/mol. The van der Waals surface area contributed by atoms with Gasteiger partial charge in [0.15, 0.2) is 0 Å². The molecule has 4 heteroatoms. The van der Waals surface area contributed by atoms with Crippen molar-refractivity contribution in [1.82, 2.24) is 15.0 Å². The standard InChI is InChI=1S/C11H15N3O/c1-9-6-10(13-15-9)8-14-5-3-4-11(14)7-12-2/h3-6,12H,7-8H2,1-2H3. The summed E-state index contributed by atoms with van der Waals surface area (Å²) in [5.74, 6) is 0.854. The Morgan fingerprint density at radius 2 is 2.40 bits per heavy atom. The maximum atomic E-state index is 5.03. The minimum atomic E-state index is 0.765. The minimum absolute atomic E-state index is 0.765. The highest BCUT2D eigenvalue weighted by molar-refractivity contribution is 5.11. The number of hydrogen-bond acceptors (Lipinski definition) is 3. The van der Waals surface area contributed by atoms with Crippen LogP contribution in [0, 0.1) is 6.92 Å². The van der Waals surface area contributed by atoms with Gasteiger partial charge in [0, 0.05) is 24.5 Å². The number of rotatable bonds is 4. The highest BCUT2D eigenvalue weighted by Gasteiger charge is 2.04. The molecule has 0 saturated carbocycles. The van der Waals surface area contributed by atoms with Crippen LogP contribution in [-0.2, 0) is 13.1 Å². The third-order valence-electron chi connectivity index (χ3n) is 2.29. The number of aryl methyl sites for hydroxylation is 1. The van der Waals surface area contributed by atoms with E-state index in [9.17, 15) is 0 Å². The van der Waals surface area contributed by atoms with Crippen molar-refractivity contribution in [2.45, 2.75) is 20.0 Å². The molecule has 0 aliphatic heterocycles. The molecule has 2 aromatic heterocycles. The molecule has 0 aromatic carbocycles. The molecule has 2 aromatic rings. The maximum Gasteiger partial charge on any atom is 0.133 e. The average Bonchev–Trinajstić information content (AvgIpc) is 2.78. The second-order valence-electron chi connectivity index (χ2n) is 3.59. The summed E-state index contributed by atoms with van der Waals surface area (Å²) in [6.45, 7) is 3.53. The van der Waals surface area contributed by atoms with E-state index in [1.54, 1.807) is 0 Å². The van der Waals surface area contributed by atoms with Crippen LogP contribution in [0.3, 0.4) is 0 Å². The molecular formula is C11H15N3O. The van der Waals surface area contributed by atoms with Crippen LogP contribution < -0.4 is 5.32 Å². The predicted octanol–water partition coefficient (Wildman–Crippen LogP) is 1.55. The number of aromatic nitrogens is 2. The third-order valence-corrected chi connectivity index (χ3v) is 2.29.